The van der Waals surface area contributed by atoms with Crippen LogP contribution >= 0.6 is 0 Å². The number of ketones is 2. The number of anilines is 1. The van der Waals surface area contributed by atoms with E-state index in [1.807, 2.05) is 24.3 Å². The Morgan fingerprint density at radius 2 is 2.17 bits per heavy atom. The number of carbonyl (C=O) groups excluding carboxylic acids is 2. The van der Waals surface area contributed by atoms with Gasteiger partial charge in [-0.05, 0) is 43.7 Å². The molecule has 0 bridgehead atoms. The van der Waals surface area contributed by atoms with Crippen LogP contribution in [0.5, 0.6) is 5.75 Å². The summed E-state index contributed by atoms with van der Waals surface area (Å²) in [4.78, 5) is 28.3. The number of rotatable bonds is 5. The predicted octanol–water partition coefficient (Wildman–Crippen LogP) is 3.06. The van der Waals surface area contributed by atoms with E-state index in [4.69, 9.17) is 9.47 Å². The third kappa shape index (κ3) is 2.89. The molecule has 4 rings (SSSR count). The monoisotopic (exact) mass is 396 g/mol. The van der Waals surface area contributed by atoms with Crippen molar-refractivity contribution in [2.75, 3.05) is 32.6 Å². The molecule has 1 aromatic rings. The van der Waals surface area contributed by atoms with E-state index in [0.29, 0.717) is 23.3 Å². The number of hydrogen-bond donors (Lipinski definition) is 1. The average molecular weight is 396 g/mol. The first kappa shape index (κ1) is 19.7. The zero-order chi connectivity index (χ0) is 20.8. The van der Waals surface area contributed by atoms with Crippen molar-refractivity contribution < 1.29 is 19.1 Å². The molecule has 6 heteroatoms. The Hall–Kier alpha value is -2.60. The molecule has 0 aliphatic carbocycles. The summed E-state index contributed by atoms with van der Waals surface area (Å²) < 4.78 is 10.7. The summed E-state index contributed by atoms with van der Waals surface area (Å²) in [6, 6.07) is 5.66. The normalized spacial score (nSPS) is 31.2. The smallest absolute Gasteiger partial charge is 0.195 e. The van der Waals surface area contributed by atoms with E-state index in [9.17, 15) is 9.59 Å². The van der Waals surface area contributed by atoms with Crippen molar-refractivity contribution in [1.29, 1.82) is 0 Å². The van der Waals surface area contributed by atoms with E-state index in [1.165, 1.54) is 0 Å². The summed E-state index contributed by atoms with van der Waals surface area (Å²) >= 11 is 0. The summed E-state index contributed by atoms with van der Waals surface area (Å²) in [5.41, 5.74) is 1.45. The van der Waals surface area contributed by atoms with Gasteiger partial charge >= 0.3 is 0 Å². The molecule has 0 radical (unpaired) electrons. The van der Waals surface area contributed by atoms with E-state index in [-0.39, 0.29) is 29.4 Å². The Labute approximate surface area is 171 Å². The zero-order valence-electron chi connectivity index (χ0n) is 17.2. The SMILES string of the molecule is C=C[C@H]1CN2CC[C@]3(Nc4cccc(OC)c4C3=O)[C@@H]2C[C@@H]1/C(=C\OC)C(C)=O. The third-order valence-corrected chi connectivity index (χ3v) is 6.83. The fraction of sp³-hybridized carbons (Fsp3) is 0.478. The number of fused-ring (bicyclic) bond motifs is 3. The van der Waals surface area contributed by atoms with Crippen molar-refractivity contribution in [3.05, 3.63) is 48.3 Å². The molecule has 6 nitrogen and oxygen atoms in total. The number of carbonyl (C=O) groups is 2. The molecule has 2 saturated heterocycles. The maximum Gasteiger partial charge on any atom is 0.195 e. The van der Waals surface area contributed by atoms with Crippen LogP contribution in [0.15, 0.2) is 42.7 Å². The van der Waals surface area contributed by atoms with E-state index in [0.717, 1.165) is 25.2 Å². The number of piperidine rings is 1. The van der Waals surface area contributed by atoms with E-state index in [1.54, 1.807) is 27.4 Å². The molecule has 0 aromatic heterocycles. The molecule has 3 aliphatic rings. The number of hydrogen-bond acceptors (Lipinski definition) is 6. The number of methoxy groups -OCH3 is 2. The molecule has 154 valence electrons. The lowest BCUT2D eigenvalue weighted by atomic mass is 9.72. The number of benzene rings is 1. The first-order chi connectivity index (χ1) is 14.0. The summed E-state index contributed by atoms with van der Waals surface area (Å²) in [7, 11) is 3.15. The highest BCUT2D eigenvalue weighted by molar-refractivity contribution is 6.16. The Morgan fingerprint density at radius 3 is 2.83 bits per heavy atom. The summed E-state index contributed by atoms with van der Waals surface area (Å²) in [5, 5.41) is 3.55. The highest BCUT2D eigenvalue weighted by atomic mass is 16.5. The Kier molecular flexibility index (Phi) is 4.99. The van der Waals surface area contributed by atoms with Crippen molar-refractivity contribution >= 4 is 17.3 Å². The quantitative estimate of drug-likeness (QED) is 0.469. The fourth-order valence-corrected chi connectivity index (χ4v) is 5.46. The topological polar surface area (TPSA) is 67.9 Å². The maximum atomic E-state index is 13.6. The van der Waals surface area contributed by atoms with Gasteiger partial charge in [0.2, 0.25) is 0 Å². The van der Waals surface area contributed by atoms with E-state index < -0.39 is 5.54 Å². The second-order valence-corrected chi connectivity index (χ2v) is 8.18. The first-order valence-electron chi connectivity index (χ1n) is 10.1. The number of Topliss-reactive ketones (excluding diaryl/α,β-unsaturated/α-hetero) is 2. The molecule has 0 saturated carbocycles. The van der Waals surface area contributed by atoms with Crippen LogP contribution in [0.1, 0.15) is 30.1 Å². The number of nitrogens with zero attached hydrogens (tertiary/aromatic N) is 1. The molecule has 1 aromatic carbocycles. The van der Waals surface area contributed by atoms with Gasteiger partial charge in [0.1, 0.15) is 11.3 Å². The van der Waals surface area contributed by atoms with Crippen LogP contribution in [0.3, 0.4) is 0 Å². The van der Waals surface area contributed by atoms with E-state index in [2.05, 4.69) is 16.8 Å². The fourth-order valence-electron chi connectivity index (χ4n) is 5.46. The van der Waals surface area contributed by atoms with Crippen LogP contribution in [0.25, 0.3) is 0 Å². The predicted molar refractivity (Wildman–Crippen MR) is 111 cm³/mol. The van der Waals surface area contributed by atoms with E-state index >= 15 is 0 Å². The van der Waals surface area contributed by atoms with Gasteiger partial charge in [-0.3, -0.25) is 14.5 Å². The van der Waals surface area contributed by atoms with Crippen LogP contribution in [0.4, 0.5) is 5.69 Å². The van der Waals surface area contributed by atoms with Crippen LogP contribution in [0, 0.1) is 11.8 Å². The molecular weight excluding hydrogens is 368 g/mol. The second kappa shape index (κ2) is 7.34. The largest absolute Gasteiger partial charge is 0.504 e. The van der Waals surface area contributed by atoms with Gasteiger partial charge in [-0.1, -0.05) is 12.1 Å². The molecule has 1 spiro atoms. The molecule has 3 heterocycles. The van der Waals surface area contributed by atoms with Crippen molar-refractivity contribution in [1.82, 2.24) is 4.90 Å². The van der Waals surface area contributed by atoms with Crippen LogP contribution in [-0.4, -0.2) is 55.4 Å². The Morgan fingerprint density at radius 1 is 1.38 bits per heavy atom. The minimum Gasteiger partial charge on any atom is -0.504 e. The average Bonchev–Trinajstić information content (AvgIpc) is 3.22. The second-order valence-electron chi connectivity index (χ2n) is 8.18. The standard InChI is InChI=1S/C23H28N2O4/c1-5-15-12-25-10-9-23(20(25)11-16(15)17(13-28-3)14(2)26)22(27)21-18(24-23)7-6-8-19(21)29-4/h5-8,13,15-16,20,24H,1,9-12H2,2-4H3/b17-13-/t15-,16-,20-,23-/m0/s1. The van der Waals surface area contributed by atoms with Gasteiger partial charge in [0, 0.05) is 30.4 Å². The lowest BCUT2D eigenvalue weighted by Crippen LogP contribution is -2.57. The van der Waals surface area contributed by atoms with Crippen LogP contribution < -0.4 is 10.1 Å². The van der Waals surface area contributed by atoms with Gasteiger partial charge in [-0.2, -0.15) is 0 Å². The Balaban J connectivity index is 1.72. The number of ether oxygens (including phenoxy) is 2. The molecule has 0 amide bonds. The molecule has 1 N–H and O–H groups in total. The van der Waals surface area contributed by atoms with Gasteiger partial charge in [-0.15, -0.1) is 6.58 Å². The van der Waals surface area contributed by atoms with Crippen LogP contribution in [0.2, 0.25) is 0 Å². The first-order valence-corrected chi connectivity index (χ1v) is 10.1. The minimum atomic E-state index is -0.684. The summed E-state index contributed by atoms with van der Waals surface area (Å²) in [5.74, 6) is 0.810. The van der Waals surface area contributed by atoms with Crippen LogP contribution in [-0.2, 0) is 9.53 Å². The lowest BCUT2D eigenvalue weighted by Gasteiger charge is -2.44. The highest BCUT2D eigenvalue weighted by Crippen LogP contribution is 2.50. The summed E-state index contributed by atoms with van der Waals surface area (Å²) in [6.07, 6.45) is 4.91. The maximum absolute atomic E-state index is 13.6. The van der Waals surface area contributed by atoms with Gasteiger partial charge < -0.3 is 14.8 Å². The number of allylic oxidation sites excluding steroid dienone is 1. The zero-order valence-corrected chi connectivity index (χ0v) is 17.2. The molecule has 4 atom stereocenters. The van der Waals surface area contributed by atoms with Crippen molar-refractivity contribution in [2.24, 2.45) is 11.8 Å². The van der Waals surface area contributed by atoms with Gasteiger partial charge in [0.25, 0.3) is 0 Å². The highest BCUT2D eigenvalue weighted by Gasteiger charge is 2.59. The molecule has 3 aliphatic heterocycles. The third-order valence-electron chi connectivity index (χ3n) is 6.83. The van der Waals surface area contributed by atoms with Crippen molar-refractivity contribution in [3.8, 4) is 5.75 Å². The lowest BCUT2D eigenvalue weighted by molar-refractivity contribution is -0.114. The van der Waals surface area contributed by atoms with Crippen molar-refractivity contribution in [2.45, 2.75) is 31.3 Å². The molecular formula is C23H28N2O4. The van der Waals surface area contributed by atoms with Crippen molar-refractivity contribution in [3.63, 3.8) is 0 Å². The Bertz CT molecular complexity index is 893. The number of nitrogens with one attached hydrogen (secondary N) is 1. The minimum absolute atomic E-state index is 0.000130. The molecule has 2 fully saturated rings. The van der Waals surface area contributed by atoms with Gasteiger partial charge in [0.05, 0.1) is 26.0 Å². The molecule has 29 heavy (non-hydrogen) atoms. The van der Waals surface area contributed by atoms with Gasteiger partial charge in [0.15, 0.2) is 11.6 Å². The summed E-state index contributed by atoms with van der Waals surface area (Å²) in [6.45, 7) is 7.18. The molecule has 0 unspecified atom stereocenters. The van der Waals surface area contributed by atoms with Gasteiger partial charge in [-0.25, -0.2) is 0 Å².